The van der Waals surface area contributed by atoms with Crippen molar-refractivity contribution >= 4 is 44.6 Å². The van der Waals surface area contributed by atoms with Crippen molar-refractivity contribution in [3.05, 3.63) is 76.5 Å². The number of para-hydroxylation sites is 2. The SMILES string of the molecule is CCOC(=O)C1=C(C)n2c(nc3ccccc32)N[C@@H]1c1ccc(-c2ccc(Br)cc2)o1. The molecule has 6 nitrogen and oxygen atoms in total. The van der Waals surface area contributed by atoms with Gasteiger partial charge in [0.1, 0.15) is 17.6 Å². The molecular weight excluding hydrogens is 458 g/mol. The number of imidazole rings is 1. The summed E-state index contributed by atoms with van der Waals surface area (Å²) in [6, 6.07) is 19.0. The van der Waals surface area contributed by atoms with Crippen molar-refractivity contribution in [2.24, 2.45) is 0 Å². The fourth-order valence-corrected chi connectivity index (χ4v) is 4.22. The quantitative estimate of drug-likeness (QED) is 0.364. The summed E-state index contributed by atoms with van der Waals surface area (Å²) in [6.45, 7) is 4.01. The molecule has 0 aliphatic carbocycles. The Morgan fingerprint density at radius 1 is 1.16 bits per heavy atom. The second-order valence-corrected chi connectivity index (χ2v) is 8.18. The Morgan fingerprint density at radius 2 is 1.94 bits per heavy atom. The van der Waals surface area contributed by atoms with Crippen molar-refractivity contribution in [1.82, 2.24) is 9.55 Å². The number of carbonyl (C=O) groups excluding carboxylic acids is 1. The van der Waals surface area contributed by atoms with Crippen LogP contribution in [-0.4, -0.2) is 22.1 Å². The molecule has 4 aromatic rings. The fraction of sp³-hybridized carbons (Fsp3) is 0.167. The zero-order chi connectivity index (χ0) is 21.5. The molecule has 0 fully saturated rings. The van der Waals surface area contributed by atoms with Crippen LogP contribution in [0.4, 0.5) is 5.95 Å². The summed E-state index contributed by atoms with van der Waals surface area (Å²) < 4.78 is 14.5. The van der Waals surface area contributed by atoms with Crippen molar-refractivity contribution in [3.63, 3.8) is 0 Å². The highest BCUT2D eigenvalue weighted by atomic mass is 79.9. The van der Waals surface area contributed by atoms with Gasteiger partial charge in [-0.15, -0.1) is 0 Å². The van der Waals surface area contributed by atoms with Crippen LogP contribution in [0.5, 0.6) is 0 Å². The molecule has 0 amide bonds. The fourth-order valence-electron chi connectivity index (χ4n) is 3.96. The van der Waals surface area contributed by atoms with Gasteiger partial charge in [-0.2, -0.15) is 0 Å². The highest BCUT2D eigenvalue weighted by molar-refractivity contribution is 9.10. The summed E-state index contributed by atoms with van der Waals surface area (Å²) in [7, 11) is 0. The summed E-state index contributed by atoms with van der Waals surface area (Å²) in [4.78, 5) is 17.7. The van der Waals surface area contributed by atoms with E-state index >= 15 is 0 Å². The first-order valence-corrected chi connectivity index (χ1v) is 10.8. The average molecular weight is 478 g/mol. The first-order chi connectivity index (χ1) is 15.1. The molecule has 1 N–H and O–H groups in total. The Kier molecular flexibility index (Phi) is 4.90. The molecule has 2 aromatic carbocycles. The maximum absolute atomic E-state index is 13.0. The number of ether oxygens (including phenoxy) is 1. The zero-order valence-corrected chi connectivity index (χ0v) is 18.6. The number of rotatable bonds is 4. The molecule has 1 atom stereocenters. The molecule has 0 unspecified atom stereocenters. The molecule has 2 aromatic heterocycles. The number of fused-ring (bicyclic) bond motifs is 3. The average Bonchev–Trinajstić information content (AvgIpc) is 3.39. The number of benzene rings is 2. The molecule has 0 spiro atoms. The van der Waals surface area contributed by atoms with E-state index in [9.17, 15) is 4.79 Å². The van der Waals surface area contributed by atoms with Crippen LogP contribution in [0.25, 0.3) is 28.1 Å². The number of hydrogen-bond acceptors (Lipinski definition) is 5. The Balaban J connectivity index is 1.62. The maximum atomic E-state index is 13.0. The van der Waals surface area contributed by atoms with Crippen LogP contribution in [0.15, 0.2) is 75.1 Å². The van der Waals surface area contributed by atoms with E-state index in [1.54, 1.807) is 6.92 Å². The molecule has 7 heteroatoms. The third-order valence-corrected chi connectivity index (χ3v) is 5.91. The lowest BCUT2D eigenvalue weighted by atomic mass is 10.0. The molecule has 0 radical (unpaired) electrons. The standard InChI is InChI=1S/C24H20BrN3O3/c1-3-30-23(29)21-14(2)28-18-7-5-4-6-17(18)26-24(28)27-22(21)20-13-12-19(31-20)15-8-10-16(25)11-9-15/h4-13,22H,3H2,1-2H3,(H,26,27)/t22-/m1/s1. The van der Waals surface area contributed by atoms with Gasteiger partial charge in [0.2, 0.25) is 5.95 Å². The van der Waals surface area contributed by atoms with E-state index < -0.39 is 6.04 Å². The van der Waals surface area contributed by atoms with Crippen LogP contribution in [0.3, 0.4) is 0 Å². The van der Waals surface area contributed by atoms with Crippen LogP contribution in [0, 0.1) is 0 Å². The first-order valence-electron chi connectivity index (χ1n) is 10.0. The third-order valence-electron chi connectivity index (χ3n) is 5.38. The minimum absolute atomic E-state index is 0.294. The molecule has 1 aliphatic heterocycles. The topological polar surface area (TPSA) is 69.3 Å². The molecule has 1 aliphatic rings. The van der Waals surface area contributed by atoms with E-state index in [0.717, 1.165) is 32.5 Å². The lowest BCUT2D eigenvalue weighted by Gasteiger charge is -2.27. The molecule has 156 valence electrons. The van der Waals surface area contributed by atoms with Crippen LogP contribution in [0.1, 0.15) is 25.6 Å². The number of aromatic nitrogens is 2. The summed E-state index contributed by atoms with van der Waals surface area (Å²) in [5.41, 5.74) is 4.01. The Morgan fingerprint density at radius 3 is 2.71 bits per heavy atom. The maximum Gasteiger partial charge on any atom is 0.338 e. The monoisotopic (exact) mass is 477 g/mol. The van der Waals surface area contributed by atoms with E-state index in [2.05, 4.69) is 21.2 Å². The van der Waals surface area contributed by atoms with Crippen LogP contribution < -0.4 is 5.32 Å². The molecule has 5 rings (SSSR count). The third kappa shape index (κ3) is 3.35. The van der Waals surface area contributed by atoms with Gasteiger partial charge < -0.3 is 14.5 Å². The Bertz CT molecular complexity index is 1320. The highest BCUT2D eigenvalue weighted by Crippen LogP contribution is 2.40. The summed E-state index contributed by atoms with van der Waals surface area (Å²) >= 11 is 3.45. The number of halogens is 1. The van der Waals surface area contributed by atoms with Gasteiger partial charge in [0.25, 0.3) is 0 Å². The van der Waals surface area contributed by atoms with E-state index in [1.807, 2.05) is 72.2 Å². The lowest BCUT2D eigenvalue weighted by Crippen LogP contribution is -2.28. The van der Waals surface area contributed by atoms with Gasteiger partial charge in [0, 0.05) is 15.7 Å². The zero-order valence-electron chi connectivity index (χ0n) is 17.1. The largest absolute Gasteiger partial charge is 0.463 e. The van der Waals surface area contributed by atoms with Crippen molar-refractivity contribution in [2.45, 2.75) is 19.9 Å². The van der Waals surface area contributed by atoms with Gasteiger partial charge in [0.15, 0.2) is 0 Å². The molecule has 31 heavy (non-hydrogen) atoms. The number of anilines is 1. The number of nitrogens with one attached hydrogen (secondary N) is 1. The summed E-state index contributed by atoms with van der Waals surface area (Å²) in [5, 5.41) is 3.39. The Labute approximate surface area is 187 Å². The minimum atomic E-state index is -0.507. The van der Waals surface area contributed by atoms with E-state index in [4.69, 9.17) is 14.1 Å². The second-order valence-electron chi connectivity index (χ2n) is 7.27. The van der Waals surface area contributed by atoms with Crippen molar-refractivity contribution in [1.29, 1.82) is 0 Å². The lowest BCUT2D eigenvalue weighted by molar-refractivity contribution is -0.138. The number of hydrogen-bond donors (Lipinski definition) is 1. The van der Waals surface area contributed by atoms with Gasteiger partial charge in [-0.1, -0.05) is 40.2 Å². The van der Waals surface area contributed by atoms with Crippen molar-refractivity contribution in [3.8, 4) is 11.3 Å². The van der Waals surface area contributed by atoms with Crippen LogP contribution >= 0.6 is 15.9 Å². The highest BCUT2D eigenvalue weighted by Gasteiger charge is 2.35. The molecule has 0 bridgehead atoms. The molecule has 3 heterocycles. The Hall–Kier alpha value is -3.32. The number of carbonyl (C=O) groups is 1. The van der Waals surface area contributed by atoms with Crippen molar-refractivity contribution in [2.75, 3.05) is 11.9 Å². The van der Waals surface area contributed by atoms with Gasteiger partial charge in [-0.3, -0.25) is 4.57 Å². The minimum Gasteiger partial charge on any atom is -0.463 e. The normalized spacial score (nSPS) is 15.6. The van der Waals surface area contributed by atoms with Crippen LogP contribution in [0.2, 0.25) is 0 Å². The van der Waals surface area contributed by atoms with Gasteiger partial charge in [0.05, 0.1) is 23.2 Å². The van der Waals surface area contributed by atoms with E-state index in [1.165, 1.54) is 0 Å². The number of nitrogens with zero attached hydrogens (tertiary/aromatic N) is 2. The van der Waals surface area contributed by atoms with Crippen LogP contribution in [-0.2, 0) is 9.53 Å². The molecular formula is C24H20BrN3O3. The van der Waals surface area contributed by atoms with E-state index in [0.29, 0.717) is 23.9 Å². The van der Waals surface area contributed by atoms with E-state index in [-0.39, 0.29) is 5.97 Å². The molecule has 0 saturated carbocycles. The molecule has 0 saturated heterocycles. The number of esters is 1. The number of allylic oxidation sites excluding steroid dienone is 1. The predicted molar refractivity (Wildman–Crippen MR) is 123 cm³/mol. The van der Waals surface area contributed by atoms with Gasteiger partial charge in [-0.05, 0) is 50.2 Å². The summed E-state index contributed by atoms with van der Waals surface area (Å²) in [6.07, 6.45) is 0. The van der Waals surface area contributed by atoms with Gasteiger partial charge >= 0.3 is 5.97 Å². The number of furan rings is 1. The predicted octanol–water partition coefficient (Wildman–Crippen LogP) is 6.02. The smallest absolute Gasteiger partial charge is 0.338 e. The van der Waals surface area contributed by atoms with Crippen molar-refractivity contribution < 1.29 is 13.9 Å². The first kappa shape index (κ1) is 19.6. The summed E-state index contributed by atoms with van der Waals surface area (Å²) in [5.74, 6) is 1.64. The van der Waals surface area contributed by atoms with Gasteiger partial charge in [-0.25, -0.2) is 9.78 Å². The second kappa shape index (κ2) is 7.74.